The molecule has 0 atom stereocenters. The van der Waals surface area contributed by atoms with Crippen molar-refractivity contribution in [2.75, 3.05) is 5.73 Å². The second-order valence-corrected chi connectivity index (χ2v) is 4.37. The average molecular weight is 307 g/mol. The predicted octanol–water partition coefficient (Wildman–Crippen LogP) is 3.83. The summed E-state index contributed by atoms with van der Waals surface area (Å²) in [5, 5.41) is 8.74. The van der Waals surface area contributed by atoms with Crippen molar-refractivity contribution in [3.63, 3.8) is 0 Å². The second-order valence-electron chi connectivity index (χ2n) is 3.52. The summed E-state index contributed by atoms with van der Waals surface area (Å²) in [7, 11) is 0. The lowest BCUT2D eigenvalue weighted by Gasteiger charge is -2.10. The Morgan fingerprint density at radius 2 is 2.06 bits per heavy atom. The van der Waals surface area contributed by atoms with E-state index in [2.05, 4.69) is 15.9 Å². The van der Waals surface area contributed by atoms with Gasteiger partial charge in [0.2, 0.25) is 0 Å². The Labute approximate surface area is 112 Å². The van der Waals surface area contributed by atoms with E-state index in [-0.39, 0.29) is 11.4 Å². The highest BCUT2D eigenvalue weighted by molar-refractivity contribution is 9.10. The SMILES string of the molecule is N#Cc1ccc(Oc2c(N)cccc2F)c(Br)c1. The van der Waals surface area contributed by atoms with Gasteiger partial charge in [0, 0.05) is 0 Å². The van der Waals surface area contributed by atoms with Crippen LogP contribution in [-0.2, 0) is 0 Å². The van der Waals surface area contributed by atoms with Crippen LogP contribution in [0.15, 0.2) is 40.9 Å². The maximum Gasteiger partial charge on any atom is 0.185 e. The molecule has 3 nitrogen and oxygen atoms in total. The summed E-state index contributed by atoms with van der Waals surface area (Å²) in [6.45, 7) is 0. The van der Waals surface area contributed by atoms with Gasteiger partial charge < -0.3 is 10.5 Å². The molecule has 0 fully saturated rings. The Bertz CT molecular complexity index is 617. The molecule has 0 heterocycles. The van der Waals surface area contributed by atoms with Crippen LogP contribution in [0.5, 0.6) is 11.5 Å². The Balaban J connectivity index is 2.38. The number of hydrogen-bond donors (Lipinski definition) is 1. The third kappa shape index (κ3) is 2.44. The number of halogens is 2. The molecule has 0 spiro atoms. The molecule has 0 aliphatic carbocycles. The van der Waals surface area contributed by atoms with Crippen LogP contribution in [0.25, 0.3) is 0 Å². The zero-order chi connectivity index (χ0) is 13.1. The quantitative estimate of drug-likeness (QED) is 0.858. The molecule has 2 aromatic carbocycles. The smallest absolute Gasteiger partial charge is 0.185 e. The van der Waals surface area contributed by atoms with Gasteiger partial charge in [0.15, 0.2) is 11.6 Å². The van der Waals surface area contributed by atoms with Gasteiger partial charge in [0.25, 0.3) is 0 Å². The second kappa shape index (κ2) is 5.07. The molecule has 2 N–H and O–H groups in total. The van der Waals surface area contributed by atoms with Gasteiger partial charge in [-0.05, 0) is 46.3 Å². The number of ether oxygens (including phenoxy) is 1. The van der Waals surface area contributed by atoms with Gasteiger partial charge in [-0.2, -0.15) is 5.26 Å². The normalized spacial score (nSPS) is 9.83. The molecule has 90 valence electrons. The van der Waals surface area contributed by atoms with Crippen LogP contribution in [0.2, 0.25) is 0 Å². The molecule has 2 aromatic rings. The summed E-state index contributed by atoms with van der Waals surface area (Å²) in [6.07, 6.45) is 0. The summed E-state index contributed by atoms with van der Waals surface area (Å²) in [5.74, 6) is -0.167. The first kappa shape index (κ1) is 12.4. The minimum absolute atomic E-state index is 0.0251. The lowest BCUT2D eigenvalue weighted by atomic mass is 10.2. The Morgan fingerprint density at radius 1 is 1.28 bits per heavy atom. The summed E-state index contributed by atoms with van der Waals surface area (Å²) in [5.41, 5.74) is 6.34. The lowest BCUT2D eigenvalue weighted by molar-refractivity contribution is 0.442. The van der Waals surface area contributed by atoms with Crippen LogP contribution in [0.4, 0.5) is 10.1 Å². The Morgan fingerprint density at radius 3 is 2.67 bits per heavy atom. The van der Waals surface area contributed by atoms with Crippen LogP contribution in [0.1, 0.15) is 5.56 Å². The number of anilines is 1. The van der Waals surface area contributed by atoms with Crippen molar-refractivity contribution in [2.45, 2.75) is 0 Å². The predicted molar refractivity (Wildman–Crippen MR) is 69.7 cm³/mol. The van der Waals surface area contributed by atoms with E-state index in [1.807, 2.05) is 6.07 Å². The van der Waals surface area contributed by atoms with Gasteiger partial charge in [-0.15, -0.1) is 0 Å². The minimum atomic E-state index is -0.536. The molecule has 0 saturated carbocycles. The molecule has 0 aliphatic heterocycles. The highest BCUT2D eigenvalue weighted by Gasteiger charge is 2.11. The first-order chi connectivity index (χ1) is 8.61. The van der Waals surface area contributed by atoms with Crippen molar-refractivity contribution in [3.05, 3.63) is 52.3 Å². The topological polar surface area (TPSA) is 59.0 Å². The molecule has 0 unspecified atom stereocenters. The zero-order valence-corrected chi connectivity index (χ0v) is 10.7. The van der Waals surface area contributed by atoms with Gasteiger partial charge >= 0.3 is 0 Å². The van der Waals surface area contributed by atoms with Gasteiger partial charge in [0.1, 0.15) is 5.75 Å². The first-order valence-electron chi connectivity index (χ1n) is 5.03. The van der Waals surface area contributed by atoms with Crippen molar-refractivity contribution in [1.82, 2.24) is 0 Å². The lowest BCUT2D eigenvalue weighted by Crippen LogP contribution is -1.95. The molecule has 0 bridgehead atoms. The summed E-state index contributed by atoms with van der Waals surface area (Å²) >= 11 is 3.26. The third-order valence-corrected chi connectivity index (χ3v) is 2.89. The number of benzene rings is 2. The van der Waals surface area contributed by atoms with Crippen LogP contribution >= 0.6 is 15.9 Å². The maximum atomic E-state index is 13.5. The molecule has 2 rings (SSSR count). The van der Waals surface area contributed by atoms with Gasteiger partial charge in [0.05, 0.1) is 21.8 Å². The van der Waals surface area contributed by atoms with Crippen LogP contribution in [-0.4, -0.2) is 0 Å². The van der Waals surface area contributed by atoms with E-state index in [0.29, 0.717) is 15.8 Å². The van der Waals surface area contributed by atoms with Crippen LogP contribution < -0.4 is 10.5 Å². The van der Waals surface area contributed by atoms with E-state index in [9.17, 15) is 4.39 Å². The van der Waals surface area contributed by atoms with E-state index in [0.717, 1.165) is 0 Å². The average Bonchev–Trinajstić information content (AvgIpc) is 2.35. The molecule has 5 heteroatoms. The molecule has 0 aliphatic rings. The third-order valence-electron chi connectivity index (χ3n) is 2.27. The van der Waals surface area contributed by atoms with Crippen molar-refractivity contribution >= 4 is 21.6 Å². The highest BCUT2D eigenvalue weighted by Crippen LogP contribution is 2.34. The number of nitrogens with two attached hydrogens (primary N) is 1. The van der Waals surface area contributed by atoms with E-state index < -0.39 is 5.82 Å². The molecule has 0 aromatic heterocycles. The highest BCUT2D eigenvalue weighted by atomic mass is 79.9. The monoisotopic (exact) mass is 306 g/mol. The number of nitrogen functional groups attached to an aromatic ring is 1. The largest absolute Gasteiger partial charge is 0.451 e. The van der Waals surface area contributed by atoms with Gasteiger partial charge in [-0.3, -0.25) is 0 Å². The van der Waals surface area contributed by atoms with E-state index in [1.165, 1.54) is 12.1 Å². The van der Waals surface area contributed by atoms with E-state index >= 15 is 0 Å². The van der Waals surface area contributed by atoms with Crippen molar-refractivity contribution in [2.24, 2.45) is 0 Å². The Kier molecular flexibility index (Phi) is 3.49. The molecular weight excluding hydrogens is 299 g/mol. The summed E-state index contributed by atoms with van der Waals surface area (Å²) in [4.78, 5) is 0. The number of rotatable bonds is 2. The van der Waals surface area contributed by atoms with Crippen molar-refractivity contribution < 1.29 is 9.13 Å². The standard InChI is InChI=1S/C13H8BrFN2O/c14-9-6-8(7-16)4-5-12(9)18-13-10(15)2-1-3-11(13)17/h1-6H,17H2. The fourth-order valence-corrected chi connectivity index (χ4v) is 1.86. The van der Waals surface area contributed by atoms with E-state index in [4.69, 9.17) is 15.7 Å². The summed E-state index contributed by atoms with van der Waals surface area (Å²) < 4.78 is 19.5. The van der Waals surface area contributed by atoms with Gasteiger partial charge in [-0.25, -0.2) is 4.39 Å². The maximum absolute atomic E-state index is 13.5. The molecule has 0 saturated heterocycles. The zero-order valence-electron chi connectivity index (χ0n) is 9.15. The summed E-state index contributed by atoms with van der Waals surface area (Å²) in [6, 6.07) is 11.1. The molecule has 0 amide bonds. The number of nitrogens with zero attached hydrogens (tertiary/aromatic N) is 1. The van der Waals surface area contributed by atoms with Crippen LogP contribution in [0, 0.1) is 17.1 Å². The first-order valence-corrected chi connectivity index (χ1v) is 5.82. The number of para-hydroxylation sites is 1. The number of hydrogen-bond acceptors (Lipinski definition) is 3. The molecule has 18 heavy (non-hydrogen) atoms. The number of nitriles is 1. The molecular formula is C13H8BrFN2O. The fourth-order valence-electron chi connectivity index (χ4n) is 1.40. The van der Waals surface area contributed by atoms with Crippen molar-refractivity contribution in [3.8, 4) is 17.6 Å². The van der Waals surface area contributed by atoms with E-state index in [1.54, 1.807) is 24.3 Å². The molecule has 0 radical (unpaired) electrons. The fraction of sp³-hybridized carbons (Fsp3) is 0. The Hall–Kier alpha value is -2.06. The van der Waals surface area contributed by atoms with Crippen molar-refractivity contribution in [1.29, 1.82) is 5.26 Å². The van der Waals surface area contributed by atoms with Gasteiger partial charge in [-0.1, -0.05) is 6.07 Å². The minimum Gasteiger partial charge on any atom is -0.451 e. The van der Waals surface area contributed by atoms with Crippen LogP contribution in [0.3, 0.4) is 0 Å².